The molecule has 0 aromatic carbocycles. The van der Waals surface area contributed by atoms with Crippen molar-refractivity contribution >= 4 is 55.8 Å². The van der Waals surface area contributed by atoms with Crippen molar-refractivity contribution < 1.29 is 14.3 Å². The van der Waals surface area contributed by atoms with Crippen molar-refractivity contribution in [1.29, 1.82) is 0 Å². The molecule has 1 aliphatic heterocycles. The van der Waals surface area contributed by atoms with Crippen LogP contribution in [-0.2, 0) is 4.74 Å². The molecule has 11 heteroatoms. The zero-order valence-corrected chi connectivity index (χ0v) is 21.0. The number of carbonyl (C=O) groups is 2. The highest BCUT2D eigenvalue weighted by molar-refractivity contribution is 9.11. The van der Waals surface area contributed by atoms with Gasteiger partial charge in [0.1, 0.15) is 16.3 Å². The lowest BCUT2D eigenvalue weighted by Gasteiger charge is -2.25. The van der Waals surface area contributed by atoms with Crippen LogP contribution in [0.3, 0.4) is 0 Å². The molecular weight excluding hydrogens is 496 g/mol. The second-order valence-electron chi connectivity index (χ2n) is 9.18. The quantitative estimate of drug-likeness (QED) is 0.541. The molecule has 0 spiro atoms. The van der Waals surface area contributed by atoms with Gasteiger partial charge in [0.2, 0.25) is 0 Å². The molecule has 9 nitrogen and oxygen atoms in total. The Balaban J connectivity index is 1.55. The third-order valence-corrected chi connectivity index (χ3v) is 6.67. The summed E-state index contributed by atoms with van der Waals surface area (Å²) >= 11 is 4.48. The Morgan fingerprint density at radius 1 is 1.16 bits per heavy atom. The summed E-state index contributed by atoms with van der Waals surface area (Å²) in [5, 5.41) is 10.6. The molecule has 0 atom stereocenters. The monoisotopic (exact) mass is 524 g/mol. The summed E-state index contributed by atoms with van der Waals surface area (Å²) in [5.74, 6) is 0.572. The summed E-state index contributed by atoms with van der Waals surface area (Å²) in [5.41, 5.74) is 0.165. The van der Waals surface area contributed by atoms with Crippen molar-refractivity contribution in [3.63, 3.8) is 0 Å². The van der Waals surface area contributed by atoms with Gasteiger partial charge >= 0.3 is 6.09 Å². The number of halogens is 1. The van der Waals surface area contributed by atoms with Crippen LogP contribution in [0.15, 0.2) is 10.1 Å². The van der Waals surface area contributed by atoms with Crippen molar-refractivity contribution in [2.24, 2.45) is 0 Å². The van der Waals surface area contributed by atoms with E-state index in [-0.39, 0.29) is 5.69 Å². The number of hydrogen-bond donors (Lipinski definition) is 2. The van der Waals surface area contributed by atoms with Crippen LogP contribution in [0, 0.1) is 0 Å². The molecule has 32 heavy (non-hydrogen) atoms. The molecule has 3 heterocycles. The number of carbonyl (C=O) groups excluding carboxylic acids is 2. The first-order valence-electron chi connectivity index (χ1n) is 11.0. The summed E-state index contributed by atoms with van der Waals surface area (Å²) in [4.78, 5) is 32.0. The fraction of sp³-hybridized carbons (Fsp3) is 0.619. The van der Waals surface area contributed by atoms with Gasteiger partial charge in [-0.2, -0.15) is 5.10 Å². The van der Waals surface area contributed by atoms with Crippen LogP contribution in [0.4, 0.5) is 21.3 Å². The zero-order chi connectivity index (χ0) is 22.9. The normalized spacial score (nSPS) is 17.1. The molecule has 0 bridgehead atoms. The van der Waals surface area contributed by atoms with Crippen molar-refractivity contribution in [1.82, 2.24) is 14.8 Å². The van der Waals surface area contributed by atoms with Crippen LogP contribution in [0.1, 0.15) is 75.8 Å². The topological polar surface area (TPSA) is 101 Å². The molecular formula is C21H29BrN6O3S. The number of thiazole rings is 1. The van der Waals surface area contributed by atoms with Crippen molar-refractivity contribution in [2.45, 2.75) is 70.9 Å². The van der Waals surface area contributed by atoms with Crippen molar-refractivity contribution in [2.75, 3.05) is 28.6 Å². The number of nitrogens with zero attached hydrogens (tertiary/aromatic N) is 4. The lowest BCUT2D eigenvalue weighted by molar-refractivity contribution is 0.0636. The van der Waals surface area contributed by atoms with Gasteiger partial charge in [0.15, 0.2) is 15.4 Å². The lowest BCUT2D eigenvalue weighted by atomic mass is 10.2. The largest absolute Gasteiger partial charge is 0.444 e. The average molecular weight is 525 g/mol. The van der Waals surface area contributed by atoms with E-state index in [1.54, 1.807) is 27.0 Å². The van der Waals surface area contributed by atoms with Crippen LogP contribution in [0.5, 0.6) is 0 Å². The van der Waals surface area contributed by atoms with Crippen LogP contribution in [0.25, 0.3) is 0 Å². The fourth-order valence-electron chi connectivity index (χ4n) is 3.74. The van der Waals surface area contributed by atoms with Gasteiger partial charge in [-0.15, -0.1) is 0 Å². The van der Waals surface area contributed by atoms with Crippen molar-refractivity contribution in [3.8, 4) is 0 Å². The lowest BCUT2D eigenvalue weighted by Crippen LogP contribution is -2.28. The Hall–Kier alpha value is -2.14. The predicted octanol–water partition coefficient (Wildman–Crippen LogP) is 5.42. The summed E-state index contributed by atoms with van der Waals surface area (Å²) in [6.07, 6.45) is 8.02. The molecule has 0 radical (unpaired) electrons. The van der Waals surface area contributed by atoms with Gasteiger partial charge in [-0.05, 0) is 62.4 Å². The molecule has 1 aliphatic carbocycles. The fourth-order valence-corrected chi connectivity index (χ4v) is 5.08. The molecule has 4 rings (SSSR count). The van der Waals surface area contributed by atoms with E-state index in [0.29, 0.717) is 20.6 Å². The van der Waals surface area contributed by atoms with Gasteiger partial charge in [-0.3, -0.25) is 10.1 Å². The van der Waals surface area contributed by atoms with E-state index in [4.69, 9.17) is 4.74 Å². The third kappa shape index (κ3) is 5.61. The summed E-state index contributed by atoms with van der Waals surface area (Å²) < 4.78 is 7.86. The van der Waals surface area contributed by atoms with Crippen LogP contribution < -0.4 is 15.5 Å². The molecule has 2 amide bonds. The van der Waals surface area contributed by atoms with Gasteiger partial charge in [-0.25, -0.2) is 14.5 Å². The number of aromatic nitrogens is 3. The van der Waals surface area contributed by atoms with E-state index < -0.39 is 17.6 Å². The molecule has 2 aliphatic rings. The molecule has 1 saturated heterocycles. The van der Waals surface area contributed by atoms with E-state index in [0.717, 1.165) is 55.9 Å². The minimum absolute atomic E-state index is 0.133. The highest BCUT2D eigenvalue weighted by atomic mass is 79.9. The maximum atomic E-state index is 13.2. The molecule has 2 aromatic heterocycles. The zero-order valence-electron chi connectivity index (χ0n) is 18.6. The van der Waals surface area contributed by atoms with Crippen LogP contribution in [0.2, 0.25) is 0 Å². The smallest absolute Gasteiger partial charge is 0.412 e. The first kappa shape index (κ1) is 23.0. The second-order valence-corrected chi connectivity index (χ2v) is 11.5. The molecule has 1 saturated carbocycles. The minimum Gasteiger partial charge on any atom is -0.444 e. The van der Waals surface area contributed by atoms with Gasteiger partial charge in [0.25, 0.3) is 5.91 Å². The highest BCUT2D eigenvalue weighted by Crippen LogP contribution is 2.41. The molecule has 2 fully saturated rings. The molecule has 2 N–H and O–H groups in total. The first-order chi connectivity index (χ1) is 15.2. The Bertz CT molecular complexity index is 986. The molecule has 2 aromatic rings. The minimum atomic E-state index is -0.645. The Morgan fingerprint density at radius 3 is 2.47 bits per heavy atom. The molecule has 174 valence electrons. The number of hydrogen-bond acceptors (Lipinski definition) is 7. The number of amides is 2. The number of ether oxygens (including phenoxy) is 1. The van der Waals surface area contributed by atoms with Gasteiger partial charge < -0.3 is 15.0 Å². The highest BCUT2D eigenvalue weighted by Gasteiger charge is 2.32. The number of rotatable bonds is 5. The Labute approximate surface area is 200 Å². The number of nitrogens with one attached hydrogen (secondary N) is 2. The Morgan fingerprint density at radius 2 is 1.84 bits per heavy atom. The summed E-state index contributed by atoms with van der Waals surface area (Å²) in [6, 6.07) is 0.400. The van der Waals surface area contributed by atoms with Gasteiger partial charge in [0.05, 0.1) is 12.2 Å². The first-order valence-corrected chi connectivity index (χ1v) is 12.6. The summed E-state index contributed by atoms with van der Waals surface area (Å²) in [7, 11) is 0. The second kappa shape index (κ2) is 9.38. The summed E-state index contributed by atoms with van der Waals surface area (Å²) in [6.45, 7) is 7.25. The van der Waals surface area contributed by atoms with Gasteiger partial charge in [0, 0.05) is 13.1 Å². The molecule has 0 unspecified atom stereocenters. The van der Waals surface area contributed by atoms with Crippen LogP contribution >= 0.6 is 27.3 Å². The third-order valence-electron chi connectivity index (χ3n) is 5.25. The van der Waals surface area contributed by atoms with E-state index in [9.17, 15) is 9.59 Å². The maximum absolute atomic E-state index is 13.2. The number of anilines is 3. The average Bonchev–Trinajstić information content (AvgIpc) is 3.43. The van der Waals surface area contributed by atoms with E-state index in [2.05, 4.69) is 46.2 Å². The standard InChI is InChI=1S/C21H29BrN6O3S/c1-21(2,3)31-20(30)26-17-15(25-19(22)32-17)16(29)24-14-12-23-28(13-8-9-13)18(14)27-10-6-4-5-7-11-27/h12-13H,4-11H2,1-3H3,(H,24,29)(H,26,30). The van der Waals surface area contributed by atoms with Crippen molar-refractivity contribution in [3.05, 3.63) is 15.8 Å². The predicted molar refractivity (Wildman–Crippen MR) is 129 cm³/mol. The Kier molecular flexibility index (Phi) is 6.75. The van der Waals surface area contributed by atoms with E-state index >= 15 is 0 Å². The maximum Gasteiger partial charge on any atom is 0.412 e. The van der Waals surface area contributed by atoms with E-state index in [1.807, 2.05) is 0 Å². The van der Waals surface area contributed by atoms with Crippen LogP contribution in [-0.4, -0.2) is 45.5 Å². The van der Waals surface area contributed by atoms with Gasteiger partial charge in [-0.1, -0.05) is 24.2 Å². The SMILES string of the molecule is CC(C)(C)OC(=O)Nc1sc(Br)nc1C(=O)Nc1cnn(C2CC2)c1N1CCCCCC1. The van der Waals surface area contributed by atoms with E-state index in [1.165, 1.54) is 12.8 Å².